The van der Waals surface area contributed by atoms with E-state index in [4.69, 9.17) is 16.1 Å². The van der Waals surface area contributed by atoms with Gasteiger partial charge in [0.15, 0.2) is 5.76 Å². The first-order chi connectivity index (χ1) is 13.9. The Morgan fingerprint density at radius 2 is 1.83 bits per heavy atom. The normalized spacial score (nSPS) is 13.1. The minimum atomic E-state index is -3.80. The molecule has 0 unspecified atom stereocenters. The molecule has 4 rings (SSSR count). The van der Waals surface area contributed by atoms with Crippen LogP contribution in [0.15, 0.2) is 64.1 Å². The van der Waals surface area contributed by atoms with Crippen LogP contribution in [-0.4, -0.2) is 25.1 Å². The van der Waals surface area contributed by atoms with E-state index >= 15 is 0 Å². The number of aromatic amines is 1. The van der Waals surface area contributed by atoms with E-state index in [1.54, 1.807) is 13.8 Å². The maximum absolute atomic E-state index is 12.9. The number of hydrogen-bond donors (Lipinski definition) is 2. The molecule has 0 saturated carbocycles. The molecule has 0 aliphatic rings. The van der Waals surface area contributed by atoms with Crippen molar-refractivity contribution in [1.29, 1.82) is 0 Å². The molecule has 0 radical (unpaired) electrons. The van der Waals surface area contributed by atoms with Crippen LogP contribution in [0, 0.1) is 13.8 Å². The number of nitrogens with one attached hydrogen (secondary N) is 2. The molecule has 0 aliphatic carbocycles. The third-order valence-corrected chi connectivity index (χ3v) is 7.00. The lowest BCUT2D eigenvalue weighted by molar-refractivity contribution is 0.390. The zero-order valence-corrected chi connectivity index (χ0v) is 17.5. The average Bonchev–Trinajstić information content (AvgIpc) is 3.27. The zero-order chi connectivity index (χ0) is 20.6. The van der Waals surface area contributed by atoms with Crippen LogP contribution in [0.5, 0.6) is 0 Å². The van der Waals surface area contributed by atoms with Crippen LogP contribution in [0.1, 0.15) is 28.5 Å². The first kappa shape index (κ1) is 19.7. The van der Waals surface area contributed by atoms with E-state index in [1.165, 1.54) is 0 Å². The van der Waals surface area contributed by atoms with Gasteiger partial charge in [-0.2, -0.15) is 0 Å². The number of para-hydroxylation sites is 1. The summed E-state index contributed by atoms with van der Waals surface area (Å²) in [4.78, 5) is 3.33. The van der Waals surface area contributed by atoms with Crippen molar-refractivity contribution in [3.05, 3.63) is 82.3 Å². The lowest BCUT2D eigenvalue weighted by Crippen LogP contribution is -2.29. The molecule has 0 spiro atoms. The van der Waals surface area contributed by atoms with Crippen molar-refractivity contribution in [2.75, 3.05) is 6.54 Å². The van der Waals surface area contributed by atoms with Crippen molar-refractivity contribution >= 4 is 32.5 Å². The number of fused-ring (bicyclic) bond motifs is 1. The molecule has 150 valence electrons. The predicted octanol–water partition coefficient (Wildman–Crippen LogP) is 4.54. The second kappa shape index (κ2) is 7.67. The van der Waals surface area contributed by atoms with Crippen molar-refractivity contribution < 1.29 is 12.9 Å². The van der Waals surface area contributed by atoms with E-state index in [2.05, 4.69) is 14.9 Å². The van der Waals surface area contributed by atoms with Gasteiger partial charge in [-0.25, -0.2) is 13.1 Å². The smallest absolute Gasteiger partial charge is 0.245 e. The maximum atomic E-state index is 12.9. The fraction of sp³-hybridized carbons (Fsp3) is 0.190. The van der Waals surface area contributed by atoms with Gasteiger partial charge in [0.2, 0.25) is 10.0 Å². The number of H-pyrrole nitrogens is 1. The molecule has 2 heterocycles. The molecule has 0 amide bonds. The maximum Gasteiger partial charge on any atom is 0.245 e. The molecule has 4 aromatic rings. The highest BCUT2D eigenvalue weighted by atomic mass is 35.5. The fourth-order valence-corrected chi connectivity index (χ4v) is 5.29. The van der Waals surface area contributed by atoms with E-state index in [0.717, 1.165) is 22.0 Å². The highest BCUT2D eigenvalue weighted by Crippen LogP contribution is 2.34. The monoisotopic (exact) mass is 429 g/mol. The Morgan fingerprint density at radius 1 is 1.10 bits per heavy atom. The molecule has 0 saturated heterocycles. The third kappa shape index (κ3) is 3.69. The van der Waals surface area contributed by atoms with Gasteiger partial charge in [-0.15, -0.1) is 0 Å². The summed E-state index contributed by atoms with van der Waals surface area (Å²) in [5.41, 5.74) is 3.13. The summed E-state index contributed by atoms with van der Waals surface area (Å²) >= 11 is 6.47. The van der Waals surface area contributed by atoms with Crippen LogP contribution in [0.25, 0.3) is 10.9 Å². The van der Waals surface area contributed by atoms with Gasteiger partial charge in [0.25, 0.3) is 0 Å². The van der Waals surface area contributed by atoms with Crippen molar-refractivity contribution in [2.45, 2.75) is 24.7 Å². The van der Waals surface area contributed by atoms with Crippen molar-refractivity contribution in [1.82, 2.24) is 14.9 Å². The summed E-state index contributed by atoms with van der Waals surface area (Å²) in [6.07, 6.45) is 1.91. The predicted molar refractivity (Wildman–Crippen MR) is 113 cm³/mol. The van der Waals surface area contributed by atoms with E-state index in [-0.39, 0.29) is 23.1 Å². The molecular formula is C21H20ClN3O3S. The van der Waals surface area contributed by atoms with E-state index in [0.29, 0.717) is 10.7 Å². The molecule has 6 nitrogen and oxygen atoms in total. The SMILES string of the molecule is Cc1noc(C)c1S(=O)(=O)NC[C@H](c1ccccc1Cl)c1c[nH]c2ccccc12. The van der Waals surface area contributed by atoms with Crippen LogP contribution < -0.4 is 4.72 Å². The number of sulfonamides is 1. The topological polar surface area (TPSA) is 88.0 Å². The summed E-state index contributed by atoms with van der Waals surface area (Å²) in [6, 6.07) is 15.4. The first-order valence-corrected chi connectivity index (χ1v) is 11.0. The Labute approximate surface area is 173 Å². The number of halogens is 1. The molecule has 0 aliphatic heterocycles. The van der Waals surface area contributed by atoms with Gasteiger partial charge < -0.3 is 9.51 Å². The van der Waals surface area contributed by atoms with Gasteiger partial charge in [-0.3, -0.25) is 0 Å². The second-order valence-electron chi connectivity index (χ2n) is 6.87. The summed E-state index contributed by atoms with van der Waals surface area (Å²) in [5.74, 6) is -0.0218. The van der Waals surface area contributed by atoms with Crippen LogP contribution in [0.3, 0.4) is 0 Å². The molecule has 2 N–H and O–H groups in total. The highest BCUT2D eigenvalue weighted by molar-refractivity contribution is 7.89. The number of hydrogen-bond acceptors (Lipinski definition) is 4. The Hall–Kier alpha value is -2.61. The lowest BCUT2D eigenvalue weighted by atomic mass is 9.91. The van der Waals surface area contributed by atoms with Gasteiger partial charge in [-0.05, 0) is 37.1 Å². The van der Waals surface area contributed by atoms with Crippen LogP contribution in [0.4, 0.5) is 0 Å². The zero-order valence-electron chi connectivity index (χ0n) is 15.9. The summed E-state index contributed by atoms with van der Waals surface area (Å²) in [7, 11) is -3.80. The Bertz CT molecular complexity index is 1260. The van der Waals surface area contributed by atoms with Crippen molar-refractivity contribution in [2.24, 2.45) is 0 Å². The Balaban J connectivity index is 1.75. The largest absolute Gasteiger partial charge is 0.361 e. The van der Waals surface area contributed by atoms with E-state index < -0.39 is 10.0 Å². The number of rotatable bonds is 6. The standard InChI is InChI=1S/C21H20ClN3O3S/c1-13-21(14(2)28-25-13)29(26,27)24-12-18(15-7-3-5-9-19(15)22)17-11-23-20-10-6-4-8-16(17)20/h3-11,18,23-24H,12H2,1-2H3/t18-/m1/s1. The van der Waals surface area contributed by atoms with Crippen LogP contribution in [-0.2, 0) is 10.0 Å². The molecular weight excluding hydrogens is 410 g/mol. The fourth-order valence-electron chi connectivity index (χ4n) is 3.65. The molecule has 8 heteroatoms. The highest BCUT2D eigenvalue weighted by Gasteiger charge is 2.27. The van der Waals surface area contributed by atoms with Gasteiger partial charge in [0.1, 0.15) is 10.6 Å². The molecule has 1 atom stereocenters. The Kier molecular flexibility index (Phi) is 5.21. The third-order valence-electron chi connectivity index (χ3n) is 4.99. The summed E-state index contributed by atoms with van der Waals surface area (Å²) in [5, 5.41) is 5.36. The number of benzene rings is 2. The van der Waals surface area contributed by atoms with Crippen molar-refractivity contribution in [3.8, 4) is 0 Å². The average molecular weight is 430 g/mol. The molecule has 0 bridgehead atoms. The number of nitrogens with zero attached hydrogens (tertiary/aromatic N) is 1. The molecule has 0 fully saturated rings. The van der Waals surface area contributed by atoms with Gasteiger partial charge in [0, 0.05) is 34.6 Å². The van der Waals surface area contributed by atoms with E-state index in [9.17, 15) is 8.42 Å². The second-order valence-corrected chi connectivity index (χ2v) is 8.98. The molecule has 2 aromatic heterocycles. The molecule has 29 heavy (non-hydrogen) atoms. The van der Waals surface area contributed by atoms with Gasteiger partial charge >= 0.3 is 0 Å². The van der Waals surface area contributed by atoms with Crippen molar-refractivity contribution in [3.63, 3.8) is 0 Å². The van der Waals surface area contributed by atoms with Crippen LogP contribution in [0.2, 0.25) is 5.02 Å². The minimum absolute atomic E-state index is 0.0781. The lowest BCUT2D eigenvalue weighted by Gasteiger charge is -2.19. The number of aromatic nitrogens is 2. The minimum Gasteiger partial charge on any atom is -0.361 e. The van der Waals surface area contributed by atoms with E-state index in [1.807, 2.05) is 54.7 Å². The summed E-state index contributed by atoms with van der Waals surface area (Å²) < 4.78 is 33.6. The van der Waals surface area contributed by atoms with Crippen LogP contribution >= 0.6 is 11.6 Å². The summed E-state index contributed by atoms with van der Waals surface area (Å²) in [6.45, 7) is 3.33. The van der Waals surface area contributed by atoms with Gasteiger partial charge in [0.05, 0.1) is 0 Å². The quantitative estimate of drug-likeness (QED) is 0.471. The Morgan fingerprint density at radius 3 is 2.55 bits per heavy atom. The number of aryl methyl sites for hydroxylation is 2. The van der Waals surface area contributed by atoms with Gasteiger partial charge in [-0.1, -0.05) is 53.2 Å². The molecule has 2 aromatic carbocycles. The first-order valence-electron chi connectivity index (χ1n) is 9.11.